The Morgan fingerprint density at radius 2 is 1.66 bits per heavy atom. The van der Waals surface area contributed by atoms with Crippen LogP contribution in [0.15, 0.2) is 93.8 Å². The molecule has 3 rings (SSSR count). The van der Waals surface area contributed by atoms with Gasteiger partial charge in [0.25, 0.3) is 15.9 Å². The Labute approximate surface area is 193 Å². The van der Waals surface area contributed by atoms with Crippen molar-refractivity contribution in [2.24, 2.45) is 5.10 Å². The Kier molecular flexibility index (Phi) is 8.08. The summed E-state index contributed by atoms with van der Waals surface area (Å²) in [6.45, 7) is 1.55. The van der Waals surface area contributed by atoms with Crippen molar-refractivity contribution in [2.75, 3.05) is 17.1 Å². The number of sulfonamides is 1. The molecule has 0 aliphatic carbocycles. The lowest BCUT2D eigenvalue weighted by Gasteiger charge is -2.25. The predicted octanol–water partition coefficient (Wildman–Crippen LogP) is 4.32. The lowest BCUT2D eigenvalue weighted by atomic mass is 10.1. The van der Waals surface area contributed by atoms with Gasteiger partial charge in [0.1, 0.15) is 6.54 Å². The average Bonchev–Trinajstić information content (AvgIpc) is 2.83. The maximum atomic E-state index is 13.4. The molecule has 0 atom stereocenters. The number of anilines is 1. The van der Waals surface area contributed by atoms with E-state index in [0.717, 1.165) is 20.3 Å². The third-order valence-electron chi connectivity index (χ3n) is 4.78. The predicted molar refractivity (Wildman–Crippen MR) is 131 cm³/mol. The number of rotatable bonds is 9. The number of nitrogens with one attached hydrogen (secondary N) is 1. The molecule has 0 aromatic heterocycles. The number of amides is 1. The minimum atomic E-state index is -3.95. The fraction of sp³-hybridized carbons (Fsp3) is 0.167. The molecule has 1 amide bonds. The summed E-state index contributed by atoms with van der Waals surface area (Å²) in [4.78, 5) is 13.9. The zero-order valence-corrected chi connectivity index (χ0v) is 19.6. The molecule has 0 bridgehead atoms. The standard InChI is InChI=1S/C24H25N3O3S2/c1-3-20-9-7-8-12-23(20)27(32(29,30)22-10-5-4-6-11-22)18-24(28)26-25-17-19-13-15-21(31-2)16-14-19/h4-17H,3,18H2,1-2H3,(H,26,28)/b25-17-. The highest BCUT2D eigenvalue weighted by Crippen LogP contribution is 2.27. The van der Waals surface area contributed by atoms with Gasteiger partial charge in [-0.3, -0.25) is 9.10 Å². The first kappa shape index (κ1) is 23.6. The van der Waals surface area contributed by atoms with Crippen LogP contribution >= 0.6 is 11.8 Å². The second-order valence-corrected chi connectivity index (χ2v) is 9.62. The zero-order chi connectivity index (χ0) is 23.0. The molecule has 0 saturated carbocycles. The van der Waals surface area contributed by atoms with Crippen molar-refractivity contribution in [1.82, 2.24) is 5.43 Å². The highest BCUT2D eigenvalue weighted by molar-refractivity contribution is 7.98. The monoisotopic (exact) mass is 467 g/mol. The van der Waals surface area contributed by atoms with Gasteiger partial charge in [0.15, 0.2) is 0 Å². The van der Waals surface area contributed by atoms with Crippen LogP contribution in [0.25, 0.3) is 0 Å². The molecule has 0 aliphatic heterocycles. The van der Waals surface area contributed by atoms with Crippen LogP contribution in [-0.2, 0) is 21.2 Å². The summed E-state index contributed by atoms with van der Waals surface area (Å²) >= 11 is 1.64. The molecule has 0 unspecified atom stereocenters. The van der Waals surface area contributed by atoms with Gasteiger partial charge in [0.05, 0.1) is 16.8 Å². The number of carbonyl (C=O) groups excluding carboxylic acids is 1. The van der Waals surface area contributed by atoms with Crippen LogP contribution < -0.4 is 9.73 Å². The first-order chi connectivity index (χ1) is 15.5. The molecule has 6 nitrogen and oxygen atoms in total. The molecule has 0 saturated heterocycles. The first-order valence-corrected chi connectivity index (χ1v) is 12.7. The van der Waals surface area contributed by atoms with E-state index in [4.69, 9.17) is 0 Å². The maximum absolute atomic E-state index is 13.4. The third-order valence-corrected chi connectivity index (χ3v) is 7.30. The lowest BCUT2D eigenvalue weighted by molar-refractivity contribution is -0.119. The van der Waals surface area contributed by atoms with Crippen molar-refractivity contribution in [3.8, 4) is 0 Å². The Balaban J connectivity index is 1.83. The molecular weight excluding hydrogens is 442 g/mol. The Hall–Kier alpha value is -3.10. The number of hydrogen-bond donors (Lipinski definition) is 1. The molecule has 3 aromatic carbocycles. The number of benzene rings is 3. The summed E-state index contributed by atoms with van der Waals surface area (Å²) in [5.41, 5.74) is 4.58. The van der Waals surface area contributed by atoms with Gasteiger partial charge in [0.2, 0.25) is 0 Å². The van der Waals surface area contributed by atoms with Crippen molar-refractivity contribution in [1.29, 1.82) is 0 Å². The summed E-state index contributed by atoms with van der Waals surface area (Å²) in [6.07, 6.45) is 4.15. The number of para-hydroxylation sites is 1. The van der Waals surface area contributed by atoms with Crippen molar-refractivity contribution in [3.63, 3.8) is 0 Å². The van der Waals surface area contributed by atoms with Gasteiger partial charge in [0, 0.05) is 4.90 Å². The van der Waals surface area contributed by atoms with Gasteiger partial charge in [-0.15, -0.1) is 11.8 Å². The van der Waals surface area contributed by atoms with Crippen LogP contribution in [0.1, 0.15) is 18.1 Å². The summed E-state index contributed by atoms with van der Waals surface area (Å²) in [6, 6.07) is 23.0. The van der Waals surface area contributed by atoms with Crippen molar-refractivity contribution >= 4 is 39.6 Å². The molecule has 0 heterocycles. The minimum Gasteiger partial charge on any atom is -0.271 e. The van der Waals surface area contributed by atoms with E-state index in [1.807, 2.05) is 49.6 Å². The fourth-order valence-electron chi connectivity index (χ4n) is 3.11. The van der Waals surface area contributed by atoms with Crippen LogP contribution in [-0.4, -0.2) is 33.3 Å². The zero-order valence-electron chi connectivity index (χ0n) is 17.9. The SMILES string of the molecule is CCc1ccccc1N(CC(=O)N/N=C\c1ccc(SC)cc1)S(=O)(=O)c1ccccc1. The Morgan fingerprint density at radius 3 is 2.31 bits per heavy atom. The summed E-state index contributed by atoms with van der Waals surface area (Å²) in [5, 5.41) is 3.99. The molecule has 1 N–H and O–H groups in total. The molecule has 32 heavy (non-hydrogen) atoms. The van der Waals surface area contributed by atoms with E-state index < -0.39 is 22.5 Å². The van der Waals surface area contributed by atoms with E-state index in [-0.39, 0.29) is 4.90 Å². The van der Waals surface area contributed by atoms with Crippen LogP contribution in [0, 0.1) is 0 Å². The molecule has 0 spiro atoms. The first-order valence-electron chi connectivity index (χ1n) is 10.1. The van der Waals surface area contributed by atoms with Gasteiger partial charge in [-0.25, -0.2) is 13.8 Å². The normalized spacial score (nSPS) is 11.4. The molecule has 0 aliphatic rings. The van der Waals surface area contributed by atoms with Gasteiger partial charge < -0.3 is 0 Å². The van der Waals surface area contributed by atoms with Crippen molar-refractivity contribution in [2.45, 2.75) is 23.1 Å². The van der Waals surface area contributed by atoms with Crippen molar-refractivity contribution < 1.29 is 13.2 Å². The number of nitrogens with zero attached hydrogens (tertiary/aromatic N) is 2. The number of hydrogen-bond acceptors (Lipinski definition) is 5. The molecule has 0 fully saturated rings. The lowest BCUT2D eigenvalue weighted by Crippen LogP contribution is -2.40. The van der Waals surface area contributed by atoms with Gasteiger partial charge >= 0.3 is 0 Å². The highest BCUT2D eigenvalue weighted by atomic mass is 32.2. The van der Waals surface area contributed by atoms with E-state index in [2.05, 4.69) is 10.5 Å². The van der Waals surface area contributed by atoms with E-state index in [1.165, 1.54) is 18.3 Å². The number of thioether (sulfide) groups is 1. The van der Waals surface area contributed by atoms with E-state index in [1.54, 1.807) is 42.1 Å². The Bertz CT molecular complexity index is 1180. The second kappa shape index (κ2) is 11.0. The number of carbonyl (C=O) groups is 1. The van der Waals surface area contributed by atoms with E-state index in [0.29, 0.717) is 12.1 Å². The molecule has 166 valence electrons. The van der Waals surface area contributed by atoms with Crippen LogP contribution in [0.2, 0.25) is 0 Å². The van der Waals surface area contributed by atoms with Crippen LogP contribution in [0.5, 0.6) is 0 Å². The second-order valence-electron chi connectivity index (χ2n) is 6.87. The van der Waals surface area contributed by atoms with Gasteiger partial charge in [-0.2, -0.15) is 5.10 Å². The molecule has 3 aromatic rings. The molecular formula is C24H25N3O3S2. The fourth-order valence-corrected chi connectivity index (χ4v) is 5.00. The largest absolute Gasteiger partial charge is 0.271 e. The summed E-state index contributed by atoms with van der Waals surface area (Å²) in [5.74, 6) is -0.535. The molecule has 8 heteroatoms. The highest BCUT2D eigenvalue weighted by Gasteiger charge is 2.28. The van der Waals surface area contributed by atoms with Crippen molar-refractivity contribution in [3.05, 3.63) is 90.0 Å². The van der Waals surface area contributed by atoms with E-state index in [9.17, 15) is 13.2 Å². The Morgan fingerprint density at radius 1 is 1.00 bits per heavy atom. The maximum Gasteiger partial charge on any atom is 0.264 e. The number of hydrazone groups is 1. The van der Waals surface area contributed by atoms with E-state index >= 15 is 0 Å². The van der Waals surface area contributed by atoms with Crippen LogP contribution in [0.3, 0.4) is 0 Å². The topological polar surface area (TPSA) is 78.8 Å². The quantitative estimate of drug-likeness (QED) is 0.289. The minimum absolute atomic E-state index is 0.121. The van der Waals surface area contributed by atoms with Gasteiger partial charge in [-0.05, 0) is 54.1 Å². The molecule has 0 radical (unpaired) electrons. The van der Waals surface area contributed by atoms with Gasteiger partial charge in [-0.1, -0.05) is 55.5 Å². The summed E-state index contributed by atoms with van der Waals surface area (Å²) in [7, 11) is -3.95. The smallest absolute Gasteiger partial charge is 0.264 e. The summed E-state index contributed by atoms with van der Waals surface area (Å²) < 4.78 is 27.9. The number of aryl methyl sites for hydroxylation is 1. The van der Waals surface area contributed by atoms with Crippen LogP contribution in [0.4, 0.5) is 5.69 Å². The third kappa shape index (κ3) is 5.77. The average molecular weight is 468 g/mol.